The third-order valence-electron chi connectivity index (χ3n) is 4.44. The van der Waals surface area contributed by atoms with E-state index >= 15 is 0 Å². The predicted molar refractivity (Wildman–Crippen MR) is 116 cm³/mol. The normalized spacial score (nSPS) is 11.5. The van der Waals surface area contributed by atoms with Crippen molar-refractivity contribution in [3.05, 3.63) is 71.8 Å². The Hall–Kier alpha value is -3.94. The number of carbonyl (C=O) groups excluding carboxylic acids is 1. The van der Waals surface area contributed by atoms with Crippen molar-refractivity contribution in [2.24, 2.45) is 15.6 Å². The van der Waals surface area contributed by atoms with Gasteiger partial charge < -0.3 is 9.57 Å². The van der Waals surface area contributed by atoms with Crippen molar-refractivity contribution in [2.75, 3.05) is 19.6 Å². The zero-order valence-corrected chi connectivity index (χ0v) is 17.1. The van der Waals surface area contributed by atoms with Crippen LogP contribution in [-0.4, -0.2) is 31.3 Å². The molecular weight excluding hydrogens is 382 g/mol. The maximum atomic E-state index is 10.6. The summed E-state index contributed by atoms with van der Waals surface area (Å²) in [5.41, 5.74) is 5.90. The van der Waals surface area contributed by atoms with E-state index in [1.54, 1.807) is 13.2 Å². The second-order valence-electron chi connectivity index (χ2n) is 6.48. The van der Waals surface area contributed by atoms with Gasteiger partial charge in [0.2, 0.25) is 6.41 Å². The maximum absolute atomic E-state index is 10.6. The third kappa shape index (κ3) is 5.11. The molecule has 8 heteroatoms. The van der Waals surface area contributed by atoms with E-state index in [4.69, 9.17) is 9.57 Å². The predicted octanol–water partition coefficient (Wildman–Crippen LogP) is 4.57. The number of nitrogens with one attached hydrogen (secondary N) is 1. The van der Waals surface area contributed by atoms with Gasteiger partial charge in [-0.3, -0.25) is 10.2 Å². The second-order valence-corrected chi connectivity index (χ2v) is 6.48. The van der Waals surface area contributed by atoms with E-state index in [2.05, 4.69) is 45.3 Å². The second kappa shape index (κ2) is 10.0. The first-order chi connectivity index (χ1) is 14.6. The average molecular weight is 405 g/mol. The quantitative estimate of drug-likeness (QED) is 0.244. The van der Waals surface area contributed by atoms with E-state index < -0.39 is 0 Å². The molecule has 0 aliphatic rings. The molecule has 0 bridgehead atoms. The largest absolute Gasteiger partial charge is 0.496 e. The molecule has 3 rings (SSSR count). The number of ether oxygens (including phenoxy) is 1. The molecule has 0 aliphatic heterocycles. The van der Waals surface area contributed by atoms with Crippen molar-refractivity contribution in [1.82, 2.24) is 5.01 Å². The van der Waals surface area contributed by atoms with Crippen LogP contribution in [0.15, 0.2) is 76.3 Å². The molecule has 30 heavy (non-hydrogen) atoms. The number of oxime groups is 1. The number of hydrogen-bond acceptors (Lipinski definition) is 6. The minimum Gasteiger partial charge on any atom is -0.496 e. The van der Waals surface area contributed by atoms with Crippen molar-refractivity contribution in [2.45, 2.75) is 13.5 Å². The fourth-order valence-electron chi connectivity index (χ4n) is 2.84. The fraction of sp³-hybridized carbons (Fsp3) is 0.182. The molecule has 0 fully saturated rings. The van der Waals surface area contributed by atoms with Crippen LogP contribution in [0.3, 0.4) is 0 Å². The lowest BCUT2D eigenvalue weighted by Crippen LogP contribution is -2.07. The number of nitrogens with zero attached hydrogens (tertiary/aromatic N) is 4. The first-order valence-corrected chi connectivity index (χ1v) is 9.28. The van der Waals surface area contributed by atoms with E-state index in [0.29, 0.717) is 17.8 Å². The van der Waals surface area contributed by atoms with Crippen molar-refractivity contribution >= 4 is 28.6 Å². The van der Waals surface area contributed by atoms with Crippen molar-refractivity contribution in [3.63, 3.8) is 0 Å². The van der Waals surface area contributed by atoms with Gasteiger partial charge in [-0.15, -0.1) is 0 Å². The van der Waals surface area contributed by atoms with Crippen LogP contribution in [-0.2, 0) is 16.2 Å². The minimum atomic E-state index is 0.163. The molecule has 0 unspecified atom stereocenters. The van der Waals surface area contributed by atoms with E-state index in [1.165, 1.54) is 12.4 Å². The molecule has 0 atom stereocenters. The van der Waals surface area contributed by atoms with Crippen molar-refractivity contribution in [3.8, 4) is 5.75 Å². The van der Waals surface area contributed by atoms with Gasteiger partial charge in [0.15, 0.2) is 0 Å². The number of fused-ring (bicyclic) bond motifs is 1. The van der Waals surface area contributed by atoms with Gasteiger partial charge in [0.25, 0.3) is 0 Å². The molecule has 8 nitrogen and oxygen atoms in total. The maximum Gasteiger partial charge on any atom is 0.231 e. The van der Waals surface area contributed by atoms with Crippen LogP contribution in [0.1, 0.15) is 18.1 Å². The fourth-order valence-corrected chi connectivity index (χ4v) is 2.84. The highest BCUT2D eigenvalue weighted by Crippen LogP contribution is 2.27. The number of anilines is 1. The number of methoxy groups -OCH3 is 1. The van der Waals surface area contributed by atoms with Gasteiger partial charge in [0, 0.05) is 7.05 Å². The smallest absolute Gasteiger partial charge is 0.231 e. The number of benzene rings is 3. The number of rotatable bonds is 9. The zero-order valence-electron chi connectivity index (χ0n) is 17.1. The first kappa shape index (κ1) is 20.8. The van der Waals surface area contributed by atoms with Crippen molar-refractivity contribution < 1.29 is 14.4 Å². The van der Waals surface area contributed by atoms with Gasteiger partial charge in [-0.05, 0) is 46.7 Å². The standard InChI is InChI=1S/C22H23N5O3/c1-16(18-12-11-17-7-4-5-8-19(17)13-18)24-30-14-20-21(9-6-10-22(20)29-3)23-25-26-27(2)15-28/h4-13,15H,14H2,1-3H3,(H,23,26). The summed E-state index contributed by atoms with van der Waals surface area (Å²) in [5, 5.41) is 15.1. The number of hydrogen-bond donors (Lipinski definition) is 1. The lowest BCUT2D eigenvalue weighted by molar-refractivity contribution is -0.117. The molecule has 0 aliphatic carbocycles. The summed E-state index contributed by atoms with van der Waals surface area (Å²) in [7, 11) is 3.06. The summed E-state index contributed by atoms with van der Waals surface area (Å²) in [6.45, 7) is 2.06. The van der Waals surface area contributed by atoms with E-state index in [-0.39, 0.29) is 6.61 Å². The summed E-state index contributed by atoms with van der Waals surface area (Å²) >= 11 is 0. The van der Waals surface area contributed by atoms with Crippen LogP contribution in [0.4, 0.5) is 5.69 Å². The number of amides is 1. The Balaban J connectivity index is 1.74. The Morgan fingerprint density at radius 3 is 2.67 bits per heavy atom. The topological polar surface area (TPSA) is 87.9 Å². The number of carbonyl (C=O) groups is 1. The Kier molecular flexibility index (Phi) is 6.94. The van der Waals surface area contributed by atoms with E-state index in [0.717, 1.165) is 27.2 Å². The van der Waals surface area contributed by atoms with Crippen LogP contribution in [0, 0.1) is 0 Å². The van der Waals surface area contributed by atoms with Crippen LogP contribution < -0.4 is 10.2 Å². The molecular formula is C22H23N5O3. The van der Waals surface area contributed by atoms with E-state index in [9.17, 15) is 4.79 Å². The molecule has 1 amide bonds. The molecule has 3 aromatic carbocycles. The van der Waals surface area contributed by atoms with Crippen LogP contribution in [0.5, 0.6) is 5.75 Å². The minimum absolute atomic E-state index is 0.163. The SMILES string of the molecule is COc1cccc(N/N=N\N(C)C=O)c1CON=C(C)c1ccc2ccccc2c1. The third-order valence-corrected chi connectivity index (χ3v) is 4.44. The highest BCUT2D eigenvalue weighted by Gasteiger charge is 2.10. The molecule has 154 valence electrons. The Labute approximate surface area is 174 Å². The average Bonchev–Trinajstić information content (AvgIpc) is 2.79. The van der Waals surface area contributed by atoms with Gasteiger partial charge >= 0.3 is 0 Å². The Morgan fingerprint density at radius 1 is 1.10 bits per heavy atom. The van der Waals surface area contributed by atoms with Crippen LogP contribution in [0.25, 0.3) is 10.8 Å². The summed E-state index contributed by atoms with van der Waals surface area (Å²) in [4.78, 5) is 16.2. The van der Waals surface area contributed by atoms with Crippen LogP contribution in [0.2, 0.25) is 0 Å². The lowest BCUT2D eigenvalue weighted by Gasteiger charge is -2.12. The van der Waals surface area contributed by atoms with Gasteiger partial charge in [-0.1, -0.05) is 52.8 Å². The van der Waals surface area contributed by atoms with Crippen molar-refractivity contribution in [1.29, 1.82) is 0 Å². The molecule has 0 saturated carbocycles. The van der Waals surface area contributed by atoms with Crippen LogP contribution >= 0.6 is 0 Å². The van der Waals surface area contributed by atoms with Gasteiger partial charge in [-0.2, -0.15) is 0 Å². The molecule has 3 aromatic rings. The lowest BCUT2D eigenvalue weighted by atomic mass is 10.0. The Bertz CT molecular complexity index is 1080. The van der Waals surface area contributed by atoms with Gasteiger partial charge in [-0.25, -0.2) is 5.01 Å². The summed E-state index contributed by atoms with van der Waals surface area (Å²) in [5.74, 6) is 0.623. The molecule has 1 N–H and O–H groups in total. The molecule has 0 radical (unpaired) electrons. The highest BCUT2D eigenvalue weighted by molar-refractivity contribution is 6.01. The molecule has 0 spiro atoms. The monoisotopic (exact) mass is 405 g/mol. The summed E-state index contributed by atoms with van der Waals surface area (Å²) < 4.78 is 5.42. The Morgan fingerprint density at radius 2 is 1.90 bits per heavy atom. The van der Waals surface area contributed by atoms with E-state index in [1.807, 2.05) is 37.3 Å². The highest BCUT2D eigenvalue weighted by atomic mass is 16.6. The molecule has 0 heterocycles. The molecule has 0 saturated heterocycles. The van der Waals surface area contributed by atoms with Gasteiger partial charge in [0.05, 0.1) is 24.1 Å². The summed E-state index contributed by atoms with van der Waals surface area (Å²) in [6, 6.07) is 19.8. The molecule has 0 aromatic heterocycles. The zero-order chi connectivity index (χ0) is 21.3. The van der Waals surface area contributed by atoms with Gasteiger partial charge in [0.1, 0.15) is 12.4 Å². The summed E-state index contributed by atoms with van der Waals surface area (Å²) in [6.07, 6.45) is 0.547. The first-order valence-electron chi connectivity index (χ1n) is 9.28.